The van der Waals surface area contributed by atoms with Crippen LogP contribution in [0.3, 0.4) is 0 Å². The van der Waals surface area contributed by atoms with Crippen molar-refractivity contribution in [1.29, 1.82) is 0 Å². The Bertz CT molecular complexity index is 988. The first-order valence-corrected chi connectivity index (χ1v) is 10.3. The Morgan fingerprint density at radius 3 is 2.32 bits per heavy atom. The summed E-state index contributed by atoms with van der Waals surface area (Å²) in [6.07, 6.45) is 7.24. The van der Waals surface area contributed by atoms with Crippen molar-refractivity contribution < 1.29 is 19.4 Å². The van der Waals surface area contributed by atoms with E-state index in [9.17, 15) is 4.79 Å². The van der Waals surface area contributed by atoms with Crippen LogP contribution in [-0.4, -0.2) is 37.4 Å². The number of nitrogens with one attached hydrogen (secondary N) is 1. The molecule has 0 atom stereocenters. The summed E-state index contributed by atoms with van der Waals surface area (Å²) in [6, 6.07) is 16.0. The molecule has 0 saturated carbocycles. The average molecular weight is 419 g/mol. The minimum atomic E-state index is -0.986. The summed E-state index contributed by atoms with van der Waals surface area (Å²) in [6.45, 7) is 2.03. The predicted molar refractivity (Wildman–Crippen MR) is 117 cm³/mol. The van der Waals surface area contributed by atoms with E-state index in [1.807, 2.05) is 42.5 Å². The smallest absolute Gasteiger partial charge is 0.341 e. The van der Waals surface area contributed by atoms with Gasteiger partial charge in [0.25, 0.3) is 0 Å². The molecule has 0 unspecified atom stereocenters. The molecule has 0 aromatic heterocycles. The average Bonchev–Trinajstić information content (AvgIpc) is 2.83. The number of benzene rings is 2. The van der Waals surface area contributed by atoms with E-state index >= 15 is 0 Å². The molecule has 2 N–H and O–H groups in total. The van der Waals surface area contributed by atoms with E-state index < -0.39 is 5.97 Å². The second-order valence-corrected chi connectivity index (χ2v) is 7.55. The van der Waals surface area contributed by atoms with Gasteiger partial charge in [0.05, 0.1) is 17.6 Å². The summed E-state index contributed by atoms with van der Waals surface area (Å²) >= 11 is 0. The lowest BCUT2D eigenvalue weighted by atomic mass is 9.68. The van der Waals surface area contributed by atoms with Crippen LogP contribution in [0.1, 0.15) is 24.0 Å². The first kappa shape index (κ1) is 20.8. The lowest BCUT2D eigenvalue weighted by Gasteiger charge is -2.39. The fourth-order valence-electron chi connectivity index (χ4n) is 4.02. The summed E-state index contributed by atoms with van der Waals surface area (Å²) in [5.41, 5.74) is 3.90. The molecule has 160 valence electrons. The number of piperidine rings is 1. The number of nitrogens with zero attached hydrogens (tertiary/aromatic N) is 2. The van der Waals surface area contributed by atoms with E-state index in [1.165, 1.54) is 11.1 Å². The third-order valence-corrected chi connectivity index (χ3v) is 5.65. The van der Waals surface area contributed by atoms with Crippen molar-refractivity contribution in [2.75, 3.05) is 26.3 Å². The molecular formula is C24H25N3O4. The normalized spacial score (nSPS) is 17.7. The number of rotatable bonds is 7. The van der Waals surface area contributed by atoms with Crippen LogP contribution in [0, 0.1) is 0 Å². The van der Waals surface area contributed by atoms with Gasteiger partial charge in [-0.15, -0.1) is 0 Å². The summed E-state index contributed by atoms with van der Waals surface area (Å²) in [5, 5.41) is 20.8. The zero-order valence-corrected chi connectivity index (χ0v) is 17.2. The second kappa shape index (κ2) is 9.57. The van der Waals surface area contributed by atoms with Gasteiger partial charge < -0.3 is 19.9 Å². The molecule has 7 nitrogen and oxygen atoms in total. The van der Waals surface area contributed by atoms with Gasteiger partial charge in [-0.1, -0.05) is 24.3 Å². The first-order chi connectivity index (χ1) is 15.2. The van der Waals surface area contributed by atoms with Gasteiger partial charge in [-0.3, -0.25) is 0 Å². The molecule has 2 aliphatic heterocycles. The molecule has 0 amide bonds. The van der Waals surface area contributed by atoms with Crippen LogP contribution in [-0.2, 0) is 14.9 Å². The third kappa shape index (κ3) is 5.00. The molecule has 2 aliphatic rings. The van der Waals surface area contributed by atoms with Crippen molar-refractivity contribution in [2.24, 2.45) is 10.2 Å². The van der Waals surface area contributed by atoms with E-state index in [4.69, 9.17) is 14.6 Å². The lowest BCUT2D eigenvalue weighted by Crippen LogP contribution is -2.40. The molecule has 2 heterocycles. The van der Waals surface area contributed by atoms with E-state index in [0.717, 1.165) is 37.3 Å². The fraction of sp³-hybridized carbons (Fsp3) is 0.292. The number of hydrogen-bond donors (Lipinski definition) is 2. The zero-order chi connectivity index (χ0) is 21.5. The highest BCUT2D eigenvalue weighted by atomic mass is 16.5. The van der Waals surface area contributed by atoms with Gasteiger partial charge in [0, 0.05) is 5.41 Å². The SMILES string of the molecule is O=C(O)COc1ccc(C2(c3ccc(N=NC4=CCOC=C4)cc3)CCNCC2)cc1. The Morgan fingerprint density at radius 1 is 1.03 bits per heavy atom. The summed E-state index contributed by atoms with van der Waals surface area (Å²) in [7, 11) is 0. The molecule has 7 heteroatoms. The van der Waals surface area contributed by atoms with Crippen LogP contribution in [0.4, 0.5) is 5.69 Å². The third-order valence-electron chi connectivity index (χ3n) is 5.65. The number of carboxylic acid groups (broad SMARTS) is 1. The monoisotopic (exact) mass is 419 g/mol. The van der Waals surface area contributed by atoms with Crippen molar-refractivity contribution in [3.8, 4) is 5.75 Å². The van der Waals surface area contributed by atoms with Crippen LogP contribution < -0.4 is 10.1 Å². The highest BCUT2D eigenvalue weighted by molar-refractivity contribution is 5.68. The largest absolute Gasteiger partial charge is 0.497 e. The Labute approximate surface area is 181 Å². The molecule has 2 aromatic rings. The van der Waals surface area contributed by atoms with Gasteiger partial charge in [-0.25, -0.2) is 4.79 Å². The van der Waals surface area contributed by atoms with E-state index in [2.05, 4.69) is 27.7 Å². The van der Waals surface area contributed by atoms with Crippen molar-refractivity contribution in [3.05, 3.63) is 83.8 Å². The Morgan fingerprint density at radius 2 is 1.71 bits per heavy atom. The van der Waals surface area contributed by atoms with Crippen LogP contribution >= 0.6 is 0 Å². The summed E-state index contributed by atoms with van der Waals surface area (Å²) in [5.74, 6) is -0.428. The summed E-state index contributed by atoms with van der Waals surface area (Å²) < 4.78 is 10.4. The maximum absolute atomic E-state index is 10.7. The maximum atomic E-state index is 10.7. The number of azo groups is 1. The molecule has 31 heavy (non-hydrogen) atoms. The summed E-state index contributed by atoms with van der Waals surface area (Å²) in [4.78, 5) is 10.7. The molecule has 1 fully saturated rings. The lowest BCUT2D eigenvalue weighted by molar-refractivity contribution is -0.139. The van der Waals surface area contributed by atoms with Gasteiger partial charge in [-0.05, 0) is 73.5 Å². The standard InChI is InChI=1S/C24H25N3O4/c28-23(29)17-31-22-7-3-19(4-8-22)24(11-13-25-14-12-24)18-1-5-20(6-2-18)26-27-21-9-15-30-16-10-21/h1-10,15,25H,11-14,16-17H2,(H,28,29). The second-order valence-electron chi connectivity index (χ2n) is 7.55. The van der Waals surface area contributed by atoms with Gasteiger partial charge in [0.1, 0.15) is 12.4 Å². The predicted octanol–water partition coefficient (Wildman–Crippen LogP) is 4.33. The molecule has 0 radical (unpaired) electrons. The molecule has 4 rings (SSSR count). The minimum absolute atomic E-state index is 0.113. The molecule has 0 bridgehead atoms. The Kier molecular flexibility index (Phi) is 6.43. The topological polar surface area (TPSA) is 92.5 Å². The van der Waals surface area contributed by atoms with Gasteiger partial charge in [-0.2, -0.15) is 10.2 Å². The quantitative estimate of drug-likeness (QED) is 0.652. The first-order valence-electron chi connectivity index (χ1n) is 10.3. The zero-order valence-electron chi connectivity index (χ0n) is 17.2. The van der Waals surface area contributed by atoms with Crippen LogP contribution in [0.25, 0.3) is 0 Å². The van der Waals surface area contributed by atoms with Gasteiger partial charge >= 0.3 is 5.97 Å². The van der Waals surface area contributed by atoms with Crippen molar-refractivity contribution in [3.63, 3.8) is 0 Å². The Hall–Kier alpha value is -3.45. The molecular weight excluding hydrogens is 394 g/mol. The number of ether oxygens (including phenoxy) is 2. The van der Waals surface area contributed by atoms with Crippen LogP contribution in [0.2, 0.25) is 0 Å². The number of hydrogen-bond acceptors (Lipinski definition) is 6. The molecule has 2 aromatic carbocycles. The highest BCUT2D eigenvalue weighted by Crippen LogP contribution is 2.41. The highest BCUT2D eigenvalue weighted by Gasteiger charge is 2.35. The van der Waals surface area contributed by atoms with Crippen molar-refractivity contribution in [2.45, 2.75) is 18.3 Å². The van der Waals surface area contributed by atoms with Gasteiger partial charge in [0.2, 0.25) is 0 Å². The maximum Gasteiger partial charge on any atom is 0.341 e. The fourth-order valence-corrected chi connectivity index (χ4v) is 4.02. The van der Waals surface area contributed by atoms with E-state index in [1.54, 1.807) is 12.3 Å². The van der Waals surface area contributed by atoms with Crippen LogP contribution in [0.15, 0.2) is 82.9 Å². The molecule has 0 aliphatic carbocycles. The van der Waals surface area contributed by atoms with Crippen molar-refractivity contribution >= 4 is 11.7 Å². The van der Waals surface area contributed by atoms with Crippen molar-refractivity contribution in [1.82, 2.24) is 5.32 Å². The van der Waals surface area contributed by atoms with E-state index in [-0.39, 0.29) is 12.0 Å². The minimum Gasteiger partial charge on any atom is -0.497 e. The van der Waals surface area contributed by atoms with Crippen LogP contribution in [0.5, 0.6) is 5.75 Å². The number of allylic oxidation sites excluding steroid dienone is 1. The number of aliphatic carboxylic acids is 1. The van der Waals surface area contributed by atoms with E-state index in [0.29, 0.717) is 12.4 Å². The Balaban J connectivity index is 1.56. The molecule has 0 spiro atoms. The number of carboxylic acids is 1. The number of carbonyl (C=O) groups is 1. The van der Waals surface area contributed by atoms with Gasteiger partial charge in [0.15, 0.2) is 6.61 Å². The molecule has 1 saturated heterocycles.